The van der Waals surface area contributed by atoms with E-state index in [0.29, 0.717) is 25.7 Å². The van der Waals surface area contributed by atoms with Gasteiger partial charge in [-0.2, -0.15) is 0 Å². The van der Waals surface area contributed by atoms with Crippen LogP contribution in [0.2, 0.25) is 0 Å². The normalized spacial score (nSPS) is 54.6. The third-order valence-corrected chi connectivity index (χ3v) is 15.6. The van der Waals surface area contributed by atoms with E-state index in [1.807, 2.05) is 6.92 Å². The third kappa shape index (κ3) is 6.70. The molecule has 4 saturated carbocycles. The molecule has 7 rings (SSSR count). The predicted octanol–water partition coefficient (Wildman–Crippen LogP) is -2.27. The second-order valence-corrected chi connectivity index (χ2v) is 18.5. The summed E-state index contributed by atoms with van der Waals surface area (Å²) in [5.41, 5.74) is -0.868. The summed E-state index contributed by atoms with van der Waals surface area (Å²) in [6, 6.07) is 0. The summed E-state index contributed by atoms with van der Waals surface area (Å²) in [6.07, 6.45) is -15.2. The van der Waals surface area contributed by atoms with Gasteiger partial charge in [-0.3, -0.25) is 4.79 Å². The monoisotopic (exact) mass is 802 g/mol. The molecule has 2 bridgehead atoms. The van der Waals surface area contributed by atoms with E-state index in [1.54, 1.807) is 0 Å². The van der Waals surface area contributed by atoms with E-state index in [4.69, 9.17) is 23.7 Å². The molecule has 11 N–H and O–H groups in total. The predicted molar refractivity (Wildman–Crippen MR) is 190 cm³/mol. The van der Waals surface area contributed by atoms with Gasteiger partial charge in [0.25, 0.3) is 0 Å². The van der Waals surface area contributed by atoms with Crippen LogP contribution in [-0.2, 0) is 28.5 Å². The molecule has 0 aromatic rings. The van der Waals surface area contributed by atoms with Gasteiger partial charge in [-0.1, -0.05) is 25.5 Å². The summed E-state index contributed by atoms with van der Waals surface area (Å²) in [7, 11) is 0. The minimum Gasteiger partial charge on any atom is -0.432 e. The van der Waals surface area contributed by atoms with Crippen LogP contribution in [0.4, 0.5) is 0 Å². The minimum atomic E-state index is -1.75. The van der Waals surface area contributed by atoms with Gasteiger partial charge >= 0.3 is 5.97 Å². The molecule has 0 amide bonds. The summed E-state index contributed by atoms with van der Waals surface area (Å²) in [6.45, 7) is 6.83. The molecule has 17 heteroatoms. The van der Waals surface area contributed by atoms with Crippen LogP contribution in [0.5, 0.6) is 0 Å². The fourth-order valence-electron chi connectivity index (χ4n) is 12.7. The largest absolute Gasteiger partial charge is 0.432 e. The molecular formula is C39H62O17. The second kappa shape index (κ2) is 15.6. The van der Waals surface area contributed by atoms with Crippen molar-refractivity contribution >= 4 is 5.97 Å². The molecule has 1 spiro atoms. The molecule has 56 heavy (non-hydrogen) atoms. The van der Waals surface area contributed by atoms with Crippen molar-refractivity contribution in [2.75, 3.05) is 19.8 Å². The number of allylic oxidation sites excluding steroid dienone is 1. The summed E-state index contributed by atoms with van der Waals surface area (Å²) < 4.78 is 29.2. The number of carbonyl (C=O) groups excluding carboxylic acids is 1. The van der Waals surface area contributed by atoms with Crippen LogP contribution in [0.3, 0.4) is 0 Å². The molecule has 7 aliphatic rings. The van der Waals surface area contributed by atoms with E-state index in [-0.39, 0.29) is 22.7 Å². The lowest BCUT2D eigenvalue weighted by Gasteiger charge is -2.64. The van der Waals surface area contributed by atoms with E-state index in [9.17, 15) is 61.0 Å². The zero-order chi connectivity index (χ0) is 40.7. The summed E-state index contributed by atoms with van der Waals surface area (Å²) >= 11 is 0. The Labute approximate surface area is 325 Å². The van der Waals surface area contributed by atoms with Gasteiger partial charge in [0.1, 0.15) is 73.2 Å². The maximum atomic E-state index is 14.1. The van der Waals surface area contributed by atoms with Crippen molar-refractivity contribution in [2.24, 2.45) is 33.5 Å². The summed E-state index contributed by atoms with van der Waals surface area (Å²) in [5.74, 6) is -0.446. The van der Waals surface area contributed by atoms with Crippen LogP contribution in [-0.4, -0.2) is 174 Å². The van der Waals surface area contributed by atoms with Crippen LogP contribution in [0, 0.1) is 33.5 Å². The quantitative estimate of drug-likeness (QED) is 0.0866. The number of carbonyl (C=O) groups is 1. The van der Waals surface area contributed by atoms with E-state index in [2.05, 4.69) is 13.5 Å². The lowest BCUT2D eigenvalue weighted by Crippen LogP contribution is -2.64. The van der Waals surface area contributed by atoms with Gasteiger partial charge in [-0.05, 0) is 92.8 Å². The Balaban J connectivity index is 1.10. The molecule has 320 valence electrons. The molecule has 4 aliphatic carbocycles. The molecule has 17 nitrogen and oxygen atoms in total. The zero-order valence-corrected chi connectivity index (χ0v) is 32.1. The highest BCUT2D eigenvalue weighted by molar-refractivity contribution is 5.77. The van der Waals surface area contributed by atoms with Crippen molar-refractivity contribution in [1.29, 1.82) is 0 Å². The molecule has 0 aromatic carbocycles. The van der Waals surface area contributed by atoms with Crippen LogP contribution >= 0.6 is 0 Å². The molecule has 7 fully saturated rings. The smallest absolute Gasteiger partial charge is 0.314 e. The maximum Gasteiger partial charge on any atom is 0.314 e. The average molecular weight is 803 g/mol. The van der Waals surface area contributed by atoms with Gasteiger partial charge in [0.15, 0.2) is 6.29 Å². The topological polar surface area (TPSA) is 286 Å². The third-order valence-electron chi connectivity index (χ3n) is 15.6. The lowest BCUT2D eigenvalue weighted by atomic mass is 9.40. The van der Waals surface area contributed by atoms with Crippen molar-refractivity contribution < 1.29 is 84.7 Å². The Hall–Kier alpha value is -1.39. The highest BCUT2D eigenvalue weighted by Gasteiger charge is 2.69. The SMILES string of the molecule is C=C1C[C@@]23CC[C@H]4[C@@](C)(CCC[C@@]4(C)C(=O)O[C@@H]4OC(CO)[C@@H](O)C(O)[C@@H]4O)[C@@H]2CC[C@]1(C[C@@H]1O[C@H](CO)C(O)C(O)[C@H]1O[C@@H]1O[C@@H](CO)[C@@H](O)C(O)C1O)C3. The standard InChI is InChI=1S/C39H62O17/c1-17-11-39-10-5-22-36(2,7-4-8-37(22,3)35(51)56-34-31(50)28(47)25(44)21(15-42)54-34)23(39)6-9-38(17,16-39)12-18-32(29(48)26(45)19(13-40)52-18)55-33-30(49)27(46)24(43)20(14-41)53-33/h18-34,40-50H,1,4-16H2,2-3H3/t18-,19+,20-,21?,22-,23-,24+,25+,26?,27?,28?,29?,30?,31-,32-,33-,34-,36+,37+,38-,39+/m0/s1. The molecule has 21 atom stereocenters. The van der Waals surface area contributed by atoms with Gasteiger partial charge in [0.2, 0.25) is 6.29 Å². The Morgan fingerprint density at radius 1 is 0.679 bits per heavy atom. The van der Waals surface area contributed by atoms with Crippen molar-refractivity contribution in [3.8, 4) is 0 Å². The van der Waals surface area contributed by atoms with E-state index < -0.39 is 129 Å². The van der Waals surface area contributed by atoms with Crippen molar-refractivity contribution in [3.63, 3.8) is 0 Å². The van der Waals surface area contributed by atoms with Gasteiger partial charge in [-0.15, -0.1) is 0 Å². The first-order valence-corrected chi connectivity index (χ1v) is 20.2. The van der Waals surface area contributed by atoms with Crippen molar-refractivity contribution in [2.45, 2.75) is 170 Å². The molecule has 0 aromatic heterocycles. The summed E-state index contributed by atoms with van der Waals surface area (Å²) in [5, 5.41) is 114. The number of fused-ring (bicyclic) bond motifs is 3. The van der Waals surface area contributed by atoms with Gasteiger partial charge < -0.3 is 79.9 Å². The molecular weight excluding hydrogens is 740 g/mol. The number of hydrogen-bond acceptors (Lipinski definition) is 17. The first-order valence-electron chi connectivity index (χ1n) is 20.2. The fourth-order valence-corrected chi connectivity index (χ4v) is 12.7. The zero-order valence-electron chi connectivity index (χ0n) is 32.1. The fraction of sp³-hybridized carbons (Fsp3) is 0.923. The highest BCUT2D eigenvalue weighted by Crippen LogP contribution is 2.75. The van der Waals surface area contributed by atoms with Crippen LogP contribution < -0.4 is 0 Å². The molecule has 3 heterocycles. The summed E-state index contributed by atoms with van der Waals surface area (Å²) in [4.78, 5) is 14.1. The van der Waals surface area contributed by atoms with Crippen LogP contribution in [0.15, 0.2) is 12.2 Å². The Bertz CT molecular complexity index is 1450. The molecule has 0 radical (unpaired) electrons. The van der Waals surface area contributed by atoms with Gasteiger partial charge in [0, 0.05) is 0 Å². The molecule has 3 aliphatic heterocycles. The van der Waals surface area contributed by atoms with Crippen molar-refractivity contribution in [1.82, 2.24) is 0 Å². The Morgan fingerprint density at radius 3 is 1.86 bits per heavy atom. The minimum absolute atomic E-state index is 0.0851. The van der Waals surface area contributed by atoms with Crippen LogP contribution in [0.25, 0.3) is 0 Å². The van der Waals surface area contributed by atoms with E-state index in [0.717, 1.165) is 44.1 Å². The first kappa shape index (κ1) is 42.7. The number of aliphatic hydroxyl groups excluding tert-OH is 11. The number of ether oxygens (including phenoxy) is 5. The van der Waals surface area contributed by atoms with E-state index >= 15 is 0 Å². The number of esters is 1. The van der Waals surface area contributed by atoms with E-state index in [1.165, 1.54) is 0 Å². The Morgan fingerprint density at radius 2 is 1.23 bits per heavy atom. The van der Waals surface area contributed by atoms with Gasteiger partial charge in [-0.25, -0.2) is 0 Å². The lowest BCUT2D eigenvalue weighted by molar-refractivity contribution is -0.343. The highest BCUT2D eigenvalue weighted by atomic mass is 16.7. The first-order chi connectivity index (χ1) is 26.4. The second-order valence-electron chi connectivity index (χ2n) is 18.5. The molecule has 6 unspecified atom stereocenters. The average Bonchev–Trinajstić information content (AvgIpc) is 3.37. The number of rotatable bonds is 9. The van der Waals surface area contributed by atoms with Gasteiger partial charge in [0.05, 0.1) is 31.3 Å². The van der Waals surface area contributed by atoms with Crippen LogP contribution in [0.1, 0.15) is 78.1 Å². The molecule has 3 saturated heterocycles. The Kier molecular flexibility index (Phi) is 11.9. The maximum absolute atomic E-state index is 14.1. The number of hydrogen-bond donors (Lipinski definition) is 11. The van der Waals surface area contributed by atoms with Crippen molar-refractivity contribution in [3.05, 3.63) is 12.2 Å². The number of aliphatic hydroxyl groups is 11.